The monoisotopic (exact) mass is 380 g/mol. The summed E-state index contributed by atoms with van der Waals surface area (Å²) in [6.45, 7) is 1.91. The van der Waals surface area contributed by atoms with Gasteiger partial charge < -0.3 is 0 Å². The van der Waals surface area contributed by atoms with Crippen LogP contribution in [-0.2, 0) is 9.84 Å². The molecule has 0 radical (unpaired) electrons. The number of rotatable bonds is 3. The molecule has 0 saturated carbocycles. The number of thiazole rings is 1. The van der Waals surface area contributed by atoms with Gasteiger partial charge in [-0.2, -0.15) is 0 Å². The summed E-state index contributed by atoms with van der Waals surface area (Å²) in [5.74, 6) is -0.524. The number of carbonyl (C=O) groups excluding carboxylic acids is 1. The van der Waals surface area contributed by atoms with Gasteiger partial charge in [-0.15, -0.1) is 0 Å². The van der Waals surface area contributed by atoms with Crippen LogP contribution in [0.3, 0.4) is 0 Å². The quantitative estimate of drug-likeness (QED) is 0.747. The predicted molar refractivity (Wildman–Crippen MR) is 96.9 cm³/mol. The summed E-state index contributed by atoms with van der Waals surface area (Å²) in [6.07, 6.45) is 1.07. The number of benzene rings is 2. The Balaban J connectivity index is 2.00. The molecule has 2 aromatic carbocycles. The largest absolute Gasteiger partial charge is 0.298 e. The molecule has 0 atom stereocenters. The summed E-state index contributed by atoms with van der Waals surface area (Å²) >= 11 is 7.41. The average molecular weight is 381 g/mol. The van der Waals surface area contributed by atoms with Crippen LogP contribution in [0.2, 0.25) is 5.02 Å². The number of sulfone groups is 1. The number of fused-ring (bicyclic) bond motifs is 1. The first-order valence-corrected chi connectivity index (χ1v) is 10.0. The molecule has 24 heavy (non-hydrogen) atoms. The number of nitrogens with one attached hydrogen (secondary N) is 1. The summed E-state index contributed by atoms with van der Waals surface area (Å²) in [6, 6.07) is 9.70. The van der Waals surface area contributed by atoms with E-state index in [4.69, 9.17) is 11.6 Å². The van der Waals surface area contributed by atoms with Gasteiger partial charge in [0.2, 0.25) is 0 Å². The number of hydrogen-bond acceptors (Lipinski definition) is 5. The fraction of sp³-hybridized carbons (Fsp3) is 0.125. The van der Waals surface area contributed by atoms with Gasteiger partial charge >= 0.3 is 0 Å². The van der Waals surface area contributed by atoms with Gasteiger partial charge in [0.05, 0.1) is 25.7 Å². The van der Waals surface area contributed by atoms with Crippen LogP contribution >= 0.6 is 22.9 Å². The Morgan fingerprint density at radius 1 is 1.21 bits per heavy atom. The fourth-order valence-electron chi connectivity index (χ4n) is 2.30. The van der Waals surface area contributed by atoms with E-state index in [1.54, 1.807) is 18.2 Å². The topological polar surface area (TPSA) is 76.1 Å². The normalized spacial score (nSPS) is 11.6. The molecule has 3 aromatic rings. The molecule has 5 nitrogen and oxygen atoms in total. The molecule has 1 N–H and O–H groups in total. The number of nitrogens with zero attached hydrogens (tertiary/aromatic N) is 1. The highest BCUT2D eigenvalue weighted by Crippen LogP contribution is 2.34. The maximum absolute atomic E-state index is 12.5. The number of aryl methyl sites for hydroxylation is 1. The van der Waals surface area contributed by atoms with Gasteiger partial charge in [0.25, 0.3) is 5.91 Å². The van der Waals surface area contributed by atoms with E-state index in [-0.39, 0.29) is 10.5 Å². The van der Waals surface area contributed by atoms with Crippen molar-refractivity contribution < 1.29 is 13.2 Å². The van der Waals surface area contributed by atoms with Crippen molar-refractivity contribution in [2.24, 2.45) is 0 Å². The van der Waals surface area contributed by atoms with E-state index in [1.807, 2.05) is 13.0 Å². The first kappa shape index (κ1) is 16.9. The molecule has 0 aliphatic carbocycles. The van der Waals surface area contributed by atoms with E-state index in [2.05, 4.69) is 10.3 Å². The Kier molecular flexibility index (Phi) is 4.33. The van der Waals surface area contributed by atoms with Crippen LogP contribution in [-0.4, -0.2) is 25.6 Å². The lowest BCUT2D eigenvalue weighted by atomic mass is 10.2. The lowest BCUT2D eigenvalue weighted by Crippen LogP contribution is -2.15. The third-order valence-corrected chi connectivity index (χ3v) is 6.03. The predicted octanol–water partition coefficient (Wildman–Crippen LogP) is 3.91. The first-order chi connectivity index (χ1) is 11.3. The van der Waals surface area contributed by atoms with Crippen LogP contribution < -0.4 is 5.32 Å². The Bertz CT molecular complexity index is 1020. The molecule has 0 aliphatic heterocycles. The van der Waals surface area contributed by atoms with Crippen LogP contribution in [0.5, 0.6) is 0 Å². The van der Waals surface area contributed by atoms with E-state index in [0.717, 1.165) is 22.0 Å². The highest BCUT2D eigenvalue weighted by molar-refractivity contribution is 7.90. The van der Waals surface area contributed by atoms with Gasteiger partial charge in [-0.1, -0.05) is 41.1 Å². The lowest BCUT2D eigenvalue weighted by molar-refractivity contribution is 0.102. The molecule has 1 heterocycles. The van der Waals surface area contributed by atoms with Crippen LogP contribution in [0.1, 0.15) is 15.9 Å². The van der Waals surface area contributed by atoms with Crippen molar-refractivity contribution in [1.82, 2.24) is 4.98 Å². The number of carbonyl (C=O) groups is 1. The Labute approximate surface area is 148 Å². The lowest BCUT2D eigenvalue weighted by Gasteiger charge is -2.06. The van der Waals surface area contributed by atoms with Crippen molar-refractivity contribution in [1.29, 1.82) is 0 Å². The van der Waals surface area contributed by atoms with Gasteiger partial charge in [-0.3, -0.25) is 10.1 Å². The summed E-state index contributed by atoms with van der Waals surface area (Å²) in [4.78, 5) is 16.9. The second kappa shape index (κ2) is 6.16. The second-order valence-corrected chi connectivity index (χ2v) is 8.67. The third-order valence-electron chi connectivity index (χ3n) is 3.45. The van der Waals surface area contributed by atoms with Crippen LogP contribution in [0.25, 0.3) is 10.2 Å². The number of halogens is 1. The van der Waals surface area contributed by atoms with Crippen molar-refractivity contribution in [2.75, 3.05) is 11.6 Å². The molecule has 0 saturated heterocycles. The average Bonchev–Trinajstić information content (AvgIpc) is 2.95. The summed E-state index contributed by atoms with van der Waals surface area (Å²) in [5, 5.41) is 3.59. The molecule has 1 aromatic heterocycles. The highest BCUT2D eigenvalue weighted by Gasteiger charge is 2.19. The Hall–Kier alpha value is -1.96. The van der Waals surface area contributed by atoms with Gasteiger partial charge in [0, 0.05) is 6.26 Å². The van der Waals surface area contributed by atoms with Gasteiger partial charge in [0.15, 0.2) is 15.0 Å². The zero-order valence-corrected chi connectivity index (χ0v) is 15.2. The standard InChI is InChI=1S/C16H13ClN2O3S2/c1-9-7-8-11(17)14-13(9)18-16(23-14)19-15(20)10-5-3-4-6-12(10)24(2,21)22/h3-8H,1-2H3,(H,18,19,20). The number of aromatic nitrogens is 1. The molecular weight excluding hydrogens is 368 g/mol. The maximum Gasteiger partial charge on any atom is 0.258 e. The second-order valence-electron chi connectivity index (χ2n) is 5.28. The molecule has 8 heteroatoms. The van der Waals surface area contributed by atoms with Gasteiger partial charge in [-0.25, -0.2) is 13.4 Å². The van der Waals surface area contributed by atoms with Crippen LogP contribution in [0, 0.1) is 6.92 Å². The van der Waals surface area contributed by atoms with E-state index in [9.17, 15) is 13.2 Å². The minimum Gasteiger partial charge on any atom is -0.298 e. The van der Waals surface area contributed by atoms with E-state index in [0.29, 0.717) is 10.2 Å². The molecule has 3 rings (SSSR count). The summed E-state index contributed by atoms with van der Waals surface area (Å²) in [5.41, 5.74) is 1.75. The Morgan fingerprint density at radius 3 is 2.58 bits per heavy atom. The van der Waals surface area contributed by atoms with Crippen molar-refractivity contribution >= 4 is 54.0 Å². The van der Waals surface area contributed by atoms with E-state index < -0.39 is 15.7 Å². The van der Waals surface area contributed by atoms with Crippen molar-refractivity contribution in [3.63, 3.8) is 0 Å². The number of hydrogen-bond donors (Lipinski definition) is 1. The van der Waals surface area contributed by atoms with Gasteiger partial charge in [-0.05, 0) is 30.7 Å². The van der Waals surface area contributed by atoms with Crippen molar-refractivity contribution in [3.05, 3.63) is 52.5 Å². The van der Waals surface area contributed by atoms with Crippen molar-refractivity contribution in [2.45, 2.75) is 11.8 Å². The van der Waals surface area contributed by atoms with Crippen molar-refractivity contribution in [3.8, 4) is 0 Å². The van der Waals surface area contributed by atoms with Crippen LogP contribution in [0.15, 0.2) is 41.3 Å². The third kappa shape index (κ3) is 3.15. The highest BCUT2D eigenvalue weighted by atomic mass is 35.5. The number of amides is 1. The molecule has 1 amide bonds. The molecule has 0 unspecified atom stereocenters. The Morgan fingerprint density at radius 2 is 1.92 bits per heavy atom. The van der Waals surface area contributed by atoms with E-state index >= 15 is 0 Å². The molecule has 0 bridgehead atoms. The zero-order valence-electron chi connectivity index (χ0n) is 12.8. The minimum atomic E-state index is -3.51. The summed E-state index contributed by atoms with van der Waals surface area (Å²) < 4.78 is 24.4. The molecule has 0 aliphatic rings. The van der Waals surface area contributed by atoms with Crippen LogP contribution in [0.4, 0.5) is 5.13 Å². The number of anilines is 1. The molecule has 124 valence electrons. The van der Waals surface area contributed by atoms with Gasteiger partial charge in [0.1, 0.15) is 0 Å². The van der Waals surface area contributed by atoms with E-state index in [1.165, 1.54) is 23.5 Å². The maximum atomic E-state index is 12.5. The zero-order chi connectivity index (χ0) is 17.5. The summed E-state index contributed by atoms with van der Waals surface area (Å²) in [7, 11) is -3.51. The molecule has 0 spiro atoms. The molecule has 0 fully saturated rings. The smallest absolute Gasteiger partial charge is 0.258 e. The molecular formula is C16H13ClN2O3S2. The SMILES string of the molecule is Cc1ccc(Cl)c2sc(NC(=O)c3ccccc3S(C)(=O)=O)nc12. The first-order valence-electron chi connectivity index (χ1n) is 6.93. The minimum absolute atomic E-state index is 0.0159. The fourth-order valence-corrected chi connectivity index (χ4v) is 4.39.